The second-order valence-corrected chi connectivity index (χ2v) is 7.14. The van der Waals surface area contributed by atoms with Gasteiger partial charge in [-0.05, 0) is 44.4 Å². The molecule has 2 heterocycles. The molecule has 1 fully saturated rings. The monoisotopic (exact) mass is 394 g/mol. The zero-order chi connectivity index (χ0) is 18.3. The van der Waals surface area contributed by atoms with Crippen LogP contribution >= 0.6 is 12.4 Å². The van der Waals surface area contributed by atoms with E-state index in [4.69, 9.17) is 14.2 Å². The summed E-state index contributed by atoms with van der Waals surface area (Å²) >= 11 is 0. The predicted octanol–water partition coefficient (Wildman–Crippen LogP) is 3.53. The van der Waals surface area contributed by atoms with Gasteiger partial charge < -0.3 is 24.5 Å². The van der Waals surface area contributed by atoms with Gasteiger partial charge in [0, 0.05) is 22.7 Å². The van der Waals surface area contributed by atoms with Crippen LogP contribution in [0.5, 0.6) is 11.5 Å². The number of hydrogen-bond acceptors (Lipinski definition) is 5. The van der Waals surface area contributed by atoms with Crippen LogP contribution in [0.3, 0.4) is 0 Å². The molecule has 0 radical (unpaired) electrons. The lowest BCUT2D eigenvalue weighted by Gasteiger charge is -2.46. The van der Waals surface area contributed by atoms with Gasteiger partial charge >= 0.3 is 5.97 Å². The van der Waals surface area contributed by atoms with E-state index in [-0.39, 0.29) is 24.4 Å². The lowest BCUT2D eigenvalue weighted by Crippen LogP contribution is -2.51. The molecule has 7 heteroatoms. The normalized spacial score (nSPS) is 20.2. The predicted molar refractivity (Wildman–Crippen MR) is 106 cm³/mol. The molecule has 2 N–H and O–H groups in total. The number of aromatic nitrogens is 1. The number of rotatable bonds is 5. The summed E-state index contributed by atoms with van der Waals surface area (Å²) < 4.78 is 16.3. The molecule has 0 saturated heterocycles. The molecule has 1 aromatic heterocycles. The number of hydrogen-bond donors (Lipinski definition) is 2. The maximum Gasteiger partial charge on any atom is 0.314 e. The third-order valence-corrected chi connectivity index (χ3v) is 5.94. The smallest absolute Gasteiger partial charge is 0.314 e. The molecule has 0 bridgehead atoms. The van der Waals surface area contributed by atoms with E-state index in [0.717, 1.165) is 54.6 Å². The second-order valence-electron chi connectivity index (χ2n) is 7.14. The highest BCUT2D eigenvalue weighted by Crippen LogP contribution is 2.53. The molecular weight excluding hydrogens is 368 g/mol. The molecule has 6 nitrogen and oxygen atoms in total. The number of H-pyrrole nitrogens is 1. The van der Waals surface area contributed by atoms with Gasteiger partial charge in [0.05, 0.1) is 32.3 Å². The Kier molecular flexibility index (Phi) is 5.58. The largest absolute Gasteiger partial charge is 0.493 e. The van der Waals surface area contributed by atoms with Gasteiger partial charge in [0.25, 0.3) is 0 Å². The summed E-state index contributed by atoms with van der Waals surface area (Å²) in [4.78, 5) is 16.3. The van der Waals surface area contributed by atoms with E-state index in [2.05, 4.69) is 10.3 Å². The molecule has 1 atom stereocenters. The molecule has 148 valence electrons. The van der Waals surface area contributed by atoms with Crippen molar-refractivity contribution in [1.29, 1.82) is 0 Å². The van der Waals surface area contributed by atoms with Crippen molar-refractivity contribution in [3.8, 4) is 11.5 Å². The summed E-state index contributed by atoms with van der Waals surface area (Å²) in [6.45, 7) is 3.13. The number of esters is 1. The van der Waals surface area contributed by atoms with Crippen molar-refractivity contribution in [3.63, 3.8) is 0 Å². The van der Waals surface area contributed by atoms with Crippen LogP contribution < -0.4 is 14.8 Å². The molecule has 0 amide bonds. The van der Waals surface area contributed by atoms with Crippen molar-refractivity contribution in [3.05, 3.63) is 23.4 Å². The molecule has 1 aliphatic heterocycles. The minimum Gasteiger partial charge on any atom is -0.493 e. The van der Waals surface area contributed by atoms with Gasteiger partial charge in [0.15, 0.2) is 11.5 Å². The van der Waals surface area contributed by atoms with Gasteiger partial charge in [-0.2, -0.15) is 0 Å². The van der Waals surface area contributed by atoms with Crippen LogP contribution in [0.1, 0.15) is 43.5 Å². The minimum atomic E-state index is -0.458. The fourth-order valence-corrected chi connectivity index (χ4v) is 4.47. The van der Waals surface area contributed by atoms with Gasteiger partial charge in [0.2, 0.25) is 0 Å². The van der Waals surface area contributed by atoms with Crippen molar-refractivity contribution >= 4 is 29.3 Å². The van der Waals surface area contributed by atoms with E-state index >= 15 is 0 Å². The molecule has 1 saturated carbocycles. The van der Waals surface area contributed by atoms with Gasteiger partial charge in [0.1, 0.15) is 0 Å². The summed E-state index contributed by atoms with van der Waals surface area (Å²) in [6.07, 6.45) is 3.71. The SMILES string of the molecule is CCOC(=O)C1(C2NCCc3c2[nH]c2cc(OC)c(OC)cc32)CCC1.Cl. The fourth-order valence-electron chi connectivity index (χ4n) is 4.47. The van der Waals surface area contributed by atoms with E-state index in [9.17, 15) is 4.79 Å². The lowest BCUT2D eigenvalue weighted by atomic mass is 9.62. The zero-order valence-electron chi connectivity index (χ0n) is 16.0. The minimum absolute atomic E-state index is 0. The highest BCUT2D eigenvalue weighted by atomic mass is 35.5. The van der Waals surface area contributed by atoms with Crippen molar-refractivity contribution in [2.45, 2.75) is 38.6 Å². The number of halogens is 1. The second kappa shape index (κ2) is 7.60. The van der Waals surface area contributed by atoms with Crippen molar-refractivity contribution in [2.75, 3.05) is 27.4 Å². The zero-order valence-corrected chi connectivity index (χ0v) is 16.8. The summed E-state index contributed by atoms with van der Waals surface area (Å²) in [7, 11) is 3.29. The van der Waals surface area contributed by atoms with Gasteiger partial charge in [-0.3, -0.25) is 4.79 Å². The van der Waals surface area contributed by atoms with Crippen LogP contribution in [0, 0.1) is 5.41 Å². The molecular formula is C20H27ClN2O4. The molecule has 2 aromatic rings. The van der Waals surface area contributed by atoms with Crippen molar-refractivity contribution in [1.82, 2.24) is 10.3 Å². The standard InChI is InChI=1S/C20H26N2O4.ClH/c1-4-26-19(23)20(7-5-8-20)18-17-12(6-9-21-18)13-10-15(24-2)16(25-3)11-14(13)22-17;/h10-11,18,21-22H,4-9H2,1-3H3;1H. The molecule has 1 unspecified atom stereocenters. The Labute approximate surface area is 165 Å². The average molecular weight is 395 g/mol. The first-order valence-electron chi connectivity index (χ1n) is 9.31. The Balaban J connectivity index is 0.00000210. The fraction of sp³-hybridized carbons (Fsp3) is 0.550. The molecule has 1 aliphatic carbocycles. The average Bonchev–Trinajstić information content (AvgIpc) is 2.98. The Hall–Kier alpha value is -1.92. The Morgan fingerprint density at radius 3 is 2.52 bits per heavy atom. The Morgan fingerprint density at radius 1 is 1.22 bits per heavy atom. The number of methoxy groups -OCH3 is 2. The van der Waals surface area contributed by atoms with Crippen LogP contribution in [0.4, 0.5) is 0 Å². The summed E-state index contributed by atoms with van der Waals surface area (Å²) in [5.41, 5.74) is 2.93. The van der Waals surface area contributed by atoms with E-state index < -0.39 is 5.41 Å². The van der Waals surface area contributed by atoms with E-state index in [0.29, 0.717) is 12.4 Å². The van der Waals surface area contributed by atoms with E-state index in [1.54, 1.807) is 14.2 Å². The van der Waals surface area contributed by atoms with Gasteiger partial charge in [-0.15, -0.1) is 12.4 Å². The molecule has 4 rings (SSSR count). The topological polar surface area (TPSA) is 72.6 Å². The summed E-state index contributed by atoms with van der Waals surface area (Å²) in [5, 5.41) is 4.72. The van der Waals surface area contributed by atoms with E-state index in [1.165, 1.54) is 5.56 Å². The molecule has 1 aromatic carbocycles. The molecule has 2 aliphatic rings. The first kappa shape index (κ1) is 19.8. The highest BCUT2D eigenvalue weighted by molar-refractivity contribution is 5.89. The van der Waals surface area contributed by atoms with Gasteiger partial charge in [-0.25, -0.2) is 0 Å². The third-order valence-electron chi connectivity index (χ3n) is 5.94. The number of benzene rings is 1. The summed E-state index contributed by atoms with van der Waals surface area (Å²) in [5.74, 6) is 1.35. The number of nitrogens with one attached hydrogen (secondary N) is 2. The molecule has 27 heavy (non-hydrogen) atoms. The van der Waals surface area contributed by atoms with Crippen LogP contribution in [-0.4, -0.2) is 38.3 Å². The van der Waals surface area contributed by atoms with Crippen LogP contribution in [0.15, 0.2) is 12.1 Å². The first-order valence-corrected chi connectivity index (χ1v) is 9.31. The Morgan fingerprint density at radius 2 is 1.93 bits per heavy atom. The van der Waals surface area contributed by atoms with Gasteiger partial charge in [-0.1, -0.05) is 6.42 Å². The van der Waals surface area contributed by atoms with E-state index in [1.807, 2.05) is 19.1 Å². The van der Waals surface area contributed by atoms with Crippen LogP contribution in [-0.2, 0) is 16.0 Å². The Bertz CT molecular complexity index is 844. The van der Waals surface area contributed by atoms with Crippen molar-refractivity contribution < 1.29 is 19.0 Å². The van der Waals surface area contributed by atoms with Crippen molar-refractivity contribution in [2.24, 2.45) is 5.41 Å². The lowest BCUT2D eigenvalue weighted by molar-refractivity contribution is -0.164. The van der Waals surface area contributed by atoms with Crippen LogP contribution in [0.25, 0.3) is 10.9 Å². The number of carbonyl (C=O) groups excluding carboxylic acids is 1. The summed E-state index contributed by atoms with van der Waals surface area (Å²) in [6, 6.07) is 3.97. The number of fused-ring (bicyclic) bond motifs is 3. The number of aromatic amines is 1. The number of carbonyl (C=O) groups is 1. The maximum absolute atomic E-state index is 12.8. The third kappa shape index (κ3) is 2.95. The quantitative estimate of drug-likeness (QED) is 0.759. The maximum atomic E-state index is 12.8. The highest BCUT2D eigenvalue weighted by Gasteiger charge is 2.53. The van der Waals surface area contributed by atoms with Crippen LogP contribution in [0.2, 0.25) is 0 Å². The molecule has 0 spiro atoms. The number of ether oxygens (including phenoxy) is 3. The first-order chi connectivity index (χ1) is 12.6.